The molecule has 0 aliphatic carbocycles. The first-order valence-corrected chi connectivity index (χ1v) is 8.91. The molecule has 1 aliphatic heterocycles. The fraction of sp³-hybridized carbons (Fsp3) is 0.333. The number of morpholine rings is 1. The molecular formula is C18H20N2O3S. The molecule has 0 spiro atoms. The van der Waals surface area contributed by atoms with E-state index < -0.39 is 0 Å². The first kappa shape index (κ1) is 16.7. The monoisotopic (exact) mass is 344 g/mol. The van der Waals surface area contributed by atoms with E-state index in [1.807, 2.05) is 11.4 Å². The highest BCUT2D eigenvalue weighted by atomic mass is 32.1. The molecule has 1 N–H and O–H groups in total. The van der Waals surface area contributed by atoms with Gasteiger partial charge in [0.2, 0.25) is 0 Å². The molecule has 24 heavy (non-hydrogen) atoms. The van der Waals surface area contributed by atoms with Crippen LogP contribution in [-0.4, -0.2) is 43.0 Å². The van der Waals surface area contributed by atoms with Crippen molar-refractivity contribution in [1.82, 2.24) is 4.90 Å². The van der Waals surface area contributed by atoms with E-state index in [2.05, 4.69) is 12.2 Å². The molecule has 1 aliphatic rings. The number of ether oxygens (including phenoxy) is 1. The molecule has 3 rings (SSSR count). The van der Waals surface area contributed by atoms with E-state index in [0.29, 0.717) is 43.1 Å². The summed E-state index contributed by atoms with van der Waals surface area (Å²) in [6.45, 7) is 4.47. The molecule has 0 atom stereocenters. The molecule has 0 bridgehead atoms. The maximum Gasteiger partial charge on any atom is 0.256 e. The van der Waals surface area contributed by atoms with Gasteiger partial charge in [-0.1, -0.05) is 6.92 Å². The summed E-state index contributed by atoms with van der Waals surface area (Å²) in [5.41, 5.74) is 1.98. The average Bonchev–Trinajstić information content (AvgIpc) is 3.12. The van der Waals surface area contributed by atoms with Crippen LogP contribution in [0.4, 0.5) is 5.69 Å². The van der Waals surface area contributed by atoms with E-state index in [9.17, 15) is 9.59 Å². The lowest BCUT2D eigenvalue weighted by Gasteiger charge is -2.26. The SMILES string of the molecule is CCc1cc(C(=O)Nc2ccc(C(=O)N3CCOCC3)cc2)cs1. The van der Waals surface area contributed by atoms with Gasteiger partial charge in [0.15, 0.2) is 0 Å². The second-order valence-corrected chi connectivity index (χ2v) is 6.59. The number of carbonyl (C=O) groups is 2. The molecule has 1 aromatic carbocycles. The third-order valence-corrected chi connectivity index (χ3v) is 5.03. The number of anilines is 1. The van der Waals surface area contributed by atoms with Gasteiger partial charge in [0.1, 0.15) is 0 Å². The van der Waals surface area contributed by atoms with Crippen LogP contribution in [0.15, 0.2) is 35.7 Å². The van der Waals surface area contributed by atoms with Crippen molar-refractivity contribution in [2.75, 3.05) is 31.6 Å². The summed E-state index contributed by atoms with van der Waals surface area (Å²) in [6.07, 6.45) is 0.927. The van der Waals surface area contributed by atoms with Crippen molar-refractivity contribution in [2.45, 2.75) is 13.3 Å². The maximum absolute atomic E-state index is 12.4. The Hall–Kier alpha value is -2.18. The molecule has 6 heteroatoms. The van der Waals surface area contributed by atoms with Crippen molar-refractivity contribution in [1.29, 1.82) is 0 Å². The van der Waals surface area contributed by atoms with Crippen molar-refractivity contribution in [3.05, 3.63) is 51.7 Å². The van der Waals surface area contributed by atoms with Crippen molar-refractivity contribution in [3.63, 3.8) is 0 Å². The van der Waals surface area contributed by atoms with E-state index in [4.69, 9.17) is 4.74 Å². The summed E-state index contributed by atoms with van der Waals surface area (Å²) in [5.74, 6) is -0.125. The number of nitrogens with zero attached hydrogens (tertiary/aromatic N) is 1. The largest absolute Gasteiger partial charge is 0.378 e. The molecule has 0 radical (unpaired) electrons. The van der Waals surface area contributed by atoms with E-state index in [-0.39, 0.29) is 11.8 Å². The van der Waals surface area contributed by atoms with Gasteiger partial charge in [-0.15, -0.1) is 11.3 Å². The Balaban J connectivity index is 1.63. The molecule has 0 saturated carbocycles. The molecule has 0 unspecified atom stereocenters. The Bertz CT molecular complexity index is 718. The fourth-order valence-corrected chi connectivity index (χ4v) is 3.35. The molecule has 126 valence electrons. The van der Waals surface area contributed by atoms with Crippen molar-refractivity contribution in [3.8, 4) is 0 Å². The zero-order valence-electron chi connectivity index (χ0n) is 13.6. The van der Waals surface area contributed by atoms with Crippen LogP contribution < -0.4 is 5.32 Å². The van der Waals surface area contributed by atoms with Crippen LogP contribution >= 0.6 is 11.3 Å². The molecule has 1 aromatic heterocycles. The smallest absolute Gasteiger partial charge is 0.256 e. The fourth-order valence-electron chi connectivity index (χ4n) is 2.53. The third kappa shape index (κ3) is 3.83. The Morgan fingerprint density at radius 2 is 1.88 bits per heavy atom. The van der Waals surface area contributed by atoms with Gasteiger partial charge in [0.25, 0.3) is 11.8 Å². The number of carbonyl (C=O) groups excluding carboxylic acids is 2. The predicted molar refractivity (Wildman–Crippen MR) is 94.8 cm³/mol. The van der Waals surface area contributed by atoms with Crippen LogP contribution in [-0.2, 0) is 11.2 Å². The van der Waals surface area contributed by atoms with Crippen LogP contribution in [0.5, 0.6) is 0 Å². The normalized spacial score (nSPS) is 14.5. The van der Waals surface area contributed by atoms with Gasteiger partial charge >= 0.3 is 0 Å². The van der Waals surface area contributed by atoms with Crippen molar-refractivity contribution in [2.24, 2.45) is 0 Å². The summed E-state index contributed by atoms with van der Waals surface area (Å²) in [6, 6.07) is 8.94. The molecule has 5 nitrogen and oxygen atoms in total. The third-order valence-electron chi connectivity index (χ3n) is 3.95. The molecular weight excluding hydrogens is 324 g/mol. The Morgan fingerprint density at radius 3 is 2.50 bits per heavy atom. The summed E-state index contributed by atoms with van der Waals surface area (Å²) in [7, 11) is 0. The van der Waals surface area contributed by atoms with Crippen molar-refractivity contribution >= 4 is 28.8 Å². The quantitative estimate of drug-likeness (QED) is 0.927. The zero-order chi connectivity index (χ0) is 16.9. The van der Waals surface area contributed by atoms with Gasteiger partial charge < -0.3 is 15.0 Å². The number of hydrogen-bond donors (Lipinski definition) is 1. The van der Waals surface area contributed by atoms with Gasteiger partial charge in [-0.2, -0.15) is 0 Å². The number of aryl methyl sites for hydroxylation is 1. The van der Waals surface area contributed by atoms with Crippen molar-refractivity contribution < 1.29 is 14.3 Å². The molecule has 1 fully saturated rings. The number of rotatable bonds is 4. The van der Waals surface area contributed by atoms with Gasteiger partial charge in [-0.25, -0.2) is 0 Å². The van der Waals surface area contributed by atoms with E-state index >= 15 is 0 Å². The minimum atomic E-state index is -0.127. The van der Waals surface area contributed by atoms with Gasteiger partial charge in [0, 0.05) is 34.6 Å². The van der Waals surface area contributed by atoms with E-state index in [1.54, 1.807) is 40.5 Å². The predicted octanol–water partition coefficient (Wildman–Crippen LogP) is 3.04. The Labute approximate surface area is 145 Å². The van der Waals surface area contributed by atoms with E-state index in [1.165, 1.54) is 4.88 Å². The lowest BCUT2D eigenvalue weighted by Crippen LogP contribution is -2.40. The van der Waals surface area contributed by atoms with Gasteiger partial charge in [-0.05, 0) is 36.8 Å². The zero-order valence-corrected chi connectivity index (χ0v) is 14.4. The number of nitrogens with one attached hydrogen (secondary N) is 1. The second-order valence-electron chi connectivity index (χ2n) is 5.59. The number of hydrogen-bond acceptors (Lipinski definition) is 4. The Morgan fingerprint density at radius 1 is 1.17 bits per heavy atom. The number of benzene rings is 1. The highest BCUT2D eigenvalue weighted by Gasteiger charge is 2.18. The lowest BCUT2D eigenvalue weighted by molar-refractivity contribution is 0.0303. The van der Waals surface area contributed by atoms with Crippen LogP contribution in [0, 0.1) is 0 Å². The van der Waals surface area contributed by atoms with Gasteiger partial charge in [0.05, 0.1) is 18.8 Å². The highest BCUT2D eigenvalue weighted by molar-refractivity contribution is 7.10. The van der Waals surface area contributed by atoms with E-state index in [0.717, 1.165) is 6.42 Å². The first-order valence-electron chi connectivity index (χ1n) is 8.03. The van der Waals surface area contributed by atoms with Gasteiger partial charge in [-0.3, -0.25) is 9.59 Å². The lowest BCUT2D eigenvalue weighted by atomic mass is 10.1. The molecule has 1 saturated heterocycles. The Kier molecular flexibility index (Phi) is 5.27. The topological polar surface area (TPSA) is 58.6 Å². The number of thiophene rings is 1. The van der Waals surface area contributed by atoms with Crippen LogP contribution in [0.3, 0.4) is 0 Å². The minimum Gasteiger partial charge on any atom is -0.378 e. The summed E-state index contributed by atoms with van der Waals surface area (Å²) < 4.78 is 5.26. The summed E-state index contributed by atoms with van der Waals surface area (Å²) in [5, 5.41) is 4.73. The van der Waals surface area contributed by atoms with Crippen LogP contribution in [0.25, 0.3) is 0 Å². The molecule has 2 heterocycles. The summed E-state index contributed by atoms with van der Waals surface area (Å²) >= 11 is 1.59. The average molecular weight is 344 g/mol. The van der Waals surface area contributed by atoms with Crippen LogP contribution in [0.2, 0.25) is 0 Å². The van der Waals surface area contributed by atoms with Crippen LogP contribution in [0.1, 0.15) is 32.5 Å². The standard InChI is InChI=1S/C18H20N2O3S/c1-2-16-11-14(12-24-16)17(21)19-15-5-3-13(4-6-15)18(22)20-7-9-23-10-8-20/h3-6,11-12H,2,7-10H2,1H3,(H,19,21). The second kappa shape index (κ2) is 7.59. The molecule has 2 amide bonds. The summed E-state index contributed by atoms with van der Waals surface area (Å²) in [4.78, 5) is 27.6. The number of amides is 2. The molecule has 2 aromatic rings. The highest BCUT2D eigenvalue weighted by Crippen LogP contribution is 2.18. The first-order chi connectivity index (χ1) is 11.7. The minimum absolute atomic E-state index is 0.00148. The maximum atomic E-state index is 12.4.